The summed E-state index contributed by atoms with van der Waals surface area (Å²) in [6.07, 6.45) is 4.08. The minimum Gasteiger partial charge on any atom is -0.394 e. The van der Waals surface area contributed by atoms with E-state index >= 15 is 0 Å². The average Bonchev–Trinajstić information content (AvgIpc) is 2.73. The second-order valence-electron chi connectivity index (χ2n) is 7.22. The maximum Gasteiger partial charge on any atom is 0.228 e. The highest BCUT2D eigenvalue weighted by Crippen LogP contribution is 2.27. The van der Waals surface area contributed by atoms with Crippen molar-refractivity contribution in [2.24, 2.45) is 0 Å². The van der Waals surface area contributed by atoms with Crippen molar-refractivity contribution in [2.75, 3.05) is 29.9 Å². The lowest BCUT2D eigenvalue weighted by Crippen LogP contribution is -2.43. The van der Waals surface area contributed by atoms with E-state index in [0.717, 1.165) is 60.5 Å². The summed E-state index contributed by atoms with van der Waals surface area (Å²) in [7, 11) is 0. The Morgan fingerprint density at radius 1 is 1.11 bits per heavy atom. The summed E-state index contributed by atoms with van der Waals surface area (Å²) in [5.74, 6) is 1.53. The minimum absolute atomic E-state index is 0.0919. The Hall–Kier alpha value is -2.37. The van der Waals surface area contributed by atoms with Crippen LogP contribution in [0.3, 0.4) is 0 Å². The number of hydrogen-bond donors (Lipinski definition) is 2. The SMILES string of the molecule is OCC1CCCCN1c1nc(NCCc2cccc(Cl)c2)c2ccccc2n1. The molecule has 4 rings (SSSR count). The number of hydrogen-bond acceptors (Lipinski definition) is 5. The van der Waals surface area contributed by atoms with Gasteiger partial charge < -0.3 is 15.3 Å². The number of nitrogens with zero attached hydrogens (tertiary/aromatic N) is 3. The van der Waals surface area contributed by atoms with Crippen molar-refractivity contribution in [3.8, 4) is 0 Å². The van der Waals surface area contributed by atoms with Gasteiger partial charge in [-0.2, -0.15) is 4.98 Å². The molecule has 1 aliphatic rings. The molecule has 0 radical (unpaired) electrons. The number of anilines is 2. The number of aromatic nitrogens is 2. The van der Waals surface area contributed by atoms with E-state index in [9.17, 15) is 5.11 Å². The predicted molar refractivity (Wildman–Crippen MR) is 115 cm³/mol. The monoisotopic (exact) mass is 396 g/mol. The van der Waals surface area contributed by atoms with Crippen molar-refractivity contribution in [3.63, 3.8) is 0 Å². The molecule has 146 valence electrons. The first-order chi connectivity index (χ1) is 13.7. The first-order valence-corrected chi connectivity index (χ1v) is 10.2. The quantitative estimate of drug-likeness (QED) is 0.650. The number of fused-ring (bicyclic) bond motifs is 1. The Labute approximate surface area is 170 Å². The molecule has 28 heavy (non-hydrogen) atoms. The van der Waals surface area contributed by atoms with Gasteiger partial charge in [0.15, 0.2) is 0 Å². The second kappa shape index (κ2) is 8.76. The molecule has 2 aromatic carbocycles. The Morgan fingerprint density at radius 2 is 2.00 bits per heavy atom. The van der Waals surface area contributed by atoms with Crippen molar-refractivity contribution in [2.45, 2.75) is 31.7 Å². The highest BCUT2D eigenvalue weighted by molar-refractivity contribution is 6.30. The van der Waals surface area contributed by atoms with Crippen LogP contribution in [-0.4, -0.2) is 40.8 Å². The second-order valence-corrected chi connectivity index (χ2v) is 7.66. The molecule has 1 aromatic heterocycles. The number of aliphatic hydroxyl groups excluding tert-OH is 1. The molecule has 2 N–H and O–H groups in total. The van der Waals surface area contributed by atoms with E-state index in [4.69, 9.17) is 21.6 Å². The molecule has 3 aromatic rings. The van der Waals surface area contributed by atoms with Crippen molar-refractivity contribution in [3.05, 3.63) is 59.1 Å². The van der Waals surface area contributed by atoms with E-state index in [1.54, 1.807) is 0 Å². The van der Waals surface area contributed by atoms with Crippen molar-refractivity contribution in [1.29, 1.82) is 0 Å². The van der Waals surface area contributed by atoms with Gasteiger partial charge in [0.1, 0.15) is 5.82 Å². The van der Waals surface area contributed by atoms with E-state index in [2.05, 4.69) is 16.3 Å². The smallest absolute Gasteiger partial charge is 0.228 e. The van der Waals surface area contributed by atoms with E-state index in [0.29, 0.717) is 5.95 Å². The number of rotatable bonds is 6. The Balaban J connectivity index is 1.59. The van der Waals surface area contributed by atoms with Gasteiger partial charge in [0.05, 0.1) is 18.2 Å². The van der Waals surface area contributed by atoms with Gasteiger partial charge in [-0.25, -0.2) is 4.98 Å². The van der Waals surface area contributed by atoms with Gasteiger partial charge in [-0.1, -0.05) is 35.9 Å². The molecule has 1 atom stereocenters. The van der Waals surface area contributed by atoms with Crippen LogP contribution in [0.5, 0.6) is 0 Å². The summed E-state index contributed by atoms with van der Waals surface area (Å²) >= 11 is 6.09. The minimum atomic E-state index is 0.0919. The third-order valence-corrected chi connectivity index (χ3v) is 5.52. The molecule has 0 amide bonds. The number of halogens is 1. The van der Waals surface area contributed by atoms with Gasteiger partial charge >= 0.3 is 0 Å². The highest BCUT2D eigenvalue weighted by Gasteiger charge is 2.24. The number of benzene rings is 2. The molecular formula is C22H25ClN4O. The summed E-state index contributed by atoms with van der Waals surface area (Å²) in [5, 5.41) is 15.0. The van der Waals surface area contributed by atoms with Crippen LogP contribution >= 0.6 is 11.6 Å². The molecule has 0 spiro atoms. The van der Waals surface area contributed by atoms with Crippen LogP contribution in [0, 0.1) is 0 Å². The van der Waals surface area contributed by atoms with Crippen molar-refractivity contribution >= 4 is 34.3 Å². The Bertz CT molecular complexity index is 949. The van der Waals surface area contributed by atoms with Crippen molar-refractivity contribution < 1.29 is 5.11 Å². The van der Waals surface area contributed by atoms with E-state index in [-0.39, 0.29) is 12.6 Å². The van der Waals surface area contributed by atoms with Gasteiger partial charge in [-0.15, -0.1) is 0 Å². The fourth-order valence-corrected chi connectivity index (χ4v) is 4.01. The molecule has 1 unspecified atom stereocenters. The van der Waals surface area contributed by atoms with E-state index in [1.807, 2.05) is 42.5 Å². The van der Waals surface area contributed by atoms with Gasteiger partial charge in [0, 0.05) is 23.5 Å². The molecule has 2 heterocycles. The zero-order valence-corrected chi connectivity index (χ0v) is 16.6. The zero-order chi connectivity index (χ0) is 19.3. The fourth-order valence-electron chi connectivity index (χ4n) is 3.80. The lowest BCUT2D eigenvalue weighted by atomic mass is 10.0. The number of para-hydroxylation sites is 1. The maximum atomic E-state index is 9.77. The zero-order valence-electron chi connectivity index (χ0n) is 15.8. The van der Waals surface area contributed by atoms with Crippen LogP contribution < -0.4 is 10.2 Å². The Kier molecular flexibility index (Phi) is 5.93. The normalized spacial score (nSPS) is 17.1. The van der Waals surface area contributed by atoms with Gasteiger partial charge in [0.25, 0.3) is 0 Å². The molecule has 1 aliphatic heterocycles. The predicted octanol–water partition coefficient (Wildman–Crippen LogP) is 4.29. The first-order valence-electron chi connectivity index (χ1n) is 9.87. The van der Waals surface area contributed by atoms with E-state index < -0.39 is 0 Å². The van der Waals surface area contributed by atoms with Crippen LogP contribution in [0.1, 0.15) is 24.8 Å². The topological polar surface area (TPSA) is 61.3 Å². The molecule has 0 aliphatic carbocycles. The van der Waals surface area contributed by atoms with Gasteiger partial charge in [0.2, 0.25) is 5.95 Å². The largest absolute Gasteiger partial charge is 0.394 e. The molecule has 0 saturated carbocycles. The summed E-state index contributed by atoms with van der Waals surface area (Å²) in [5.41, 5.74) is 2.11. The molecule has 5 nitrogen and oxygen atoms in total. The molecule has 1 saturated heterocycles. The van der Waals surface area contributed by atoms with Crippen LogP contribution in [0.4, 0.5) is 11.8 Å². The first kappa shape index (κ1) is 19.0. The average molecular weight is 397 g/mol. The summed E-state index contributed by atoms with van der Waals surface area (Å²) < 4.78 is 0. The molecule has 1 fully saturated rings. The lowest BCUT2D eigenvalue weighted by Gasteiger charge is -2.34. The standard InChI is InChI=1S/C22H25ClN4O/c23-17-7-5-6-16(14-17)11-12-24-21-19-9-1-2-10-20(19)25-22(26-21)27-13-4-3-8-18(27)15-28/h1-2,5-7,9-10,14,18,28H,3-4,8,11-13,15H2,(H,24,25,26). The number of nitrogens with one attached hydrogen (secondary N) is 1. The van der Waals surface area contributed by atoms with Gasteiger partial charge in [-0.3, -0.25) is 0 Å². The van der Waals surface area contributed by atoms with Crippen molar-refractivity contribution in [1.82, 2.24) is 9.97 Å². The third kappa shape index (κ3) is 4.21. The van der Waals surface area contributed by atoms with Crippen LogP contribution in [0.2, 0.25) is 5.02 Å². The molecule has 6 heteroatoms. The maximum absolute atomic E-state index is 9.77. The number of piperidine rings is 1. The molecule has 0 bridgehead atoms. The third-order valence-electron chi connectivity index (χ3n) is 5.28. The number of aliphatic hydroxyl groups is 1. The van der Waals surface area contributed by atoms with Crippen LogP contribution in [0.25, 0.3) is 10.9 Å². The van der Waals surface area contributed by atoms with Gasteiger partial charge in [-0.05, 0) is 55.5 Å². The summed E-state index contributed by atoms with van der Waals surface area (Å²) in [4.78, 5) is 11.8. The lowest BCUT2D eigenvalue weighted by molar-refractivity contribution is 0.239. The fraction of sp³-hybridized carbons (Fsp3) is 0.364. The highest BCUT2D eigenvalue weighted by atomic mass is 35.5. The van der Waals surface area contributed by atoms with Crippen LogP contribution in [-0.2, 0) is 6.42 Å². The van der Waals surface area contributed by atoms with E-state index in [1.165, 1.54) is 5.56 Å². The van der Waals surface area contributed by atoms with Crippen LogP contribution in [0.15, 0.2) is 48.5 Å². The summed E-state index contributed by atoms with van der Waals surface area (Å²) in [6, 6.07) is 16.1. The summed E-state index contributed by atoms with van der Waals surface area (Å²) in [6.45, 7) is 1.77. The molecular weight excluding hydrogens is 372 g/mol. The Morgan fingerprint density at radius 3 is 2.86 bits per heavy atom.